The highest BCUT2D eigenvalue weighted by atomic mass is 32.2. The summed E-state index contributed by atoms with van der Waals surface area (Å²) in [6.07, 6.45) is 0. The van der Waals surface area contributed by atoms with Crippen molar-refractivity contribution in [3.63, 3.8) is 0 Å². The van der Waals surface area contributed by atoms with Crippen molar-refractivity contribution in [1.82, 2.24) is 9.62 Å². The van der Waals surface area contributed by atoms with Crippen LogP contribution in [0.1, 0.15) is 33.0 Å². The first kappa shape index (κ1) is 20.8. The smallest absolute Gasteiger partial charge is 0.254 e. The van der Waals surface area contributed by atoms with Crippen molar-refractivity contribution in [3.05, 3.63) is 88.9 Å². The van der Waals surface area contributed by atoms with Crippen LogP contribution < -0.4 is 4.72 Å². The maximum absolute atomic E-state index is 12.9. The number of sulfonamides is 1. The average molecular weight is 413 g/mol. The summed E-state index contributed by atoms with van der Waals surface area (Å²) in [4.78, 5) is 14.5. The molecule has 152 valence electrons. The van der Waals surface area contributed by atoms with E-state index in [4.69, 9.17) is 4.42 Å². The number of hydrogen-bond acceptors (Lipinski definition) is 4. The molecule has 29 heavy (non-hydrogen) atoms. The van der Waals surface area contributed by atoms with Crippen LogP contribution in [-0.2, 0) is 23.1 Å². The number of benzene rings is 2. The largest absolute Gasteiger partial charge is 0.464 e. The maximum Gasteiger partial charge on any atom is 0.254 e. The number of amides is 1. The number of nitrogens with zero attached hydrogens (tertiary/aromatic N) is 1. The highest BCUT2D eigenvalue weighted by Gasteiger charge is 2.20. The molecular formula is C22H24N2O4S. The second kappa shape index (κ2) is 8.63. The standard InChI is InChI=1S/C22H24N2O4S/c1-16-9-12-20(29(26,27)23-14-18-7-5-4-6-8-18)13-21(16)22(25)24(3)15-19-11-10-17(2)28-19/h4-13,23H,14-15H2,1-3H3. The van der Waals surface area contributed by atoms with Gasteiger partial charge < -0.3 is 9.32 Å². The average Bonchev–Trinajstić information content (AvgIpc) is 3.11. The molecule has 0 bridgehead atoms. The van der Waals surface area contributed by atoms with Crippen LogP contribution in [0, 0.1) is 13.8 Å². The predicted molar refractivity (Wildman–Crippen MR) is 111 cm³/mol. The lowest BCUT2D eigenvalue weighted by Crippen LogP contribution is -2.28. The molecule has 0 saturated carbocycles. The number of carbonyl (C=O) groups excluding carboxylic acids is 1. The Balaban J connectivity index is 1.78. The Bertz CT molecular complexity index is 1100. The fraction of sp³-hybridized carbons (Fsp3) is 0.227. The molecule has 1 amide bonds. The highest BCUT2D eigenvalue weighted by molar-refractivity contribution is 7.89. The Morgan fingerprint density at radius 1 is 1.03 bits per heavy atom. The molecule has 0 aliphatic heterocycles. The zero-order chi connectivity index (χ0) is 21.0. The van der Waals surface area contributed by atoms with E-state index in [1.165, 1.54) is 17.0 Å². The summed E-state index contributed by atoms with van der Waals surface area (Å²) in [5.74, 6) is 1.18. The molecule has 0 aliphatic rings. The number of nitrogens with one attached hydrogen (secondary N) is 1. The van der Waals surface area contributed by atoms with Gasteiger partial charge in [-0.1, -0.05) is 36.4 Å². The third kappa shape index (κ3) is 5.13. The molecule has 0 fully saturated rings. The van der Waals surface area contributed by atoms with Gasteiger partial charge in [0.1, 0.15) is 11.5 Å². The molecule has 6 nitrogen and oxygen atoms in total. The van der Waals surface area contributed by atoms with Crippen LogP contribution in [0.2, 0.25) is 0 Å². The molecule has 0 saturated heterocycles. The zero-order valence-electron chi connectivity index (χ0n) is 16.7. The first-order chi connectivity index (χ1) is 13.8. The van der Waals surface area contributed by atoms with Gasteiger partial charge in [-0.2, -0.15) is 0 Å². The lowest BCUT2D eigenvalue weighted by molar-refractivity contribution is 0.0774. The van der Waals surface area contributed by atoms with E-state index in [9.17, 15) is 13.2 Å². The summed E-state index contributed by atoms with van der Waals surface area (Å²) >= 11 is 0. The summed E-state index contributed by atoms with van der Waals surface area (Å²) in [6, 6.07) is 17.5. The van der Waals surface area contributed by atoms with Crippen molar-refractivity contribution in [2.45, 2.75) is 31.8 Å². The minimum absolute atomic E-state index is 0.0598. The Labute approximate surface area is 171 Å². The zero-order valence-corrected chi connectivity index (χ0v) is 17.5. The predicted octanol–water partition coefficient (Wildman–Crippen LogP) is 3.65. The number of furan rings is 1. The van der Waals surface area contributed by atoms with Crippen molar-refractivity contribution >= 4 is 15.9 Å². The quantitative estimate of drug-likeness (QED) is 0.642. The minimum atomic E-state index is -3.75. The molecule has 0 unspecified atom stereocenters. The van der Waals surface area contributed by atoms with Crippen molar-refractivity contribution in [2.75, 3.05) is 7.05 Å². The van der Waals surface area contributed by atoms with E-state index in [1.54, 1.807) is 20.0 Å². The second-order valence-electron chi connectivity index (χ2n) is 6.96. The van der Waals surface area contributed by atoms with Gasteiger partial charge in [-0.15, -0.1) is 0 Å². The summed E-state index contributed by atoms with van der Waals surface area (Å²) in [5.41, 5.74) is 1.91. The Morgan fingerprint density at radius 2 is 1.76 bits per heavy atom. The van der Waals surface area contributed by atoms with E-state index < -0.39 is 10.0 Å². The molecule has 0 atom stereocenters. The molecule has 1 aromatic heterocycles. The molecule has 0 radical (unpaired) electrons. The van der Waals surface area contributed by atoms with Crippen LogP contribution in [0.25, 0.3) is 0 Å². The lowest BCUT2D eigenvalue weighted by atomic mass is 10.1. The molecule has 0 aliphatic carbocycles. The minimum Gasteiger partial charge on any atom is -0.464 e. The SMILES string of the molecule is Cc1ccc(CN(C)C(=O)c2cc(S(=O)(=O)NCc3ccccc3)ccc2C)o1. The van der Waals surface area contributed by atoms with Gasteiger partial charge in [0.15, 0.2) is 0 Å². The van der Waals surface area contributed by atoms with Crippen LogP contribution in [0.5, 0.6) is 0 Å². The van der Waals surface area contributed by atoms with E-state index >= 15 is 0 Å². The summed E-state index contributed by atoms with van der Waals surface area (Å²) < 4.78 is 33.5. The van der Waals surface area contributed by atoms with Crippen LogP contribution in [0.15, 0.2) is 70.0 Å². The summed E-state index contributed by atoms with van der Waals surface area (Å²) in [5, 5.41) is 0. The molecule has 7 heteroatoms. The monoisotopic (exact) mass is 412 g/mol. The fourth-order valence-electron chi connectivity index (χ4n) is 2.94. The molecule has 2 aromatic carbocycles. The molecular weight excluding hydrogens is 388 g/mol. The van der Waals surface area contributed by atoms with Gasteiger partial charge in [0.2, 0.25) is 10.0 Å². The van der Waals surface area contributed by atoms with Crippen LogP contribution in [-0.4, -0.2) is 26.3 Å². The van der Waals surface area contributed by atoms with E-state index in [1.807, 2.05) is 49.4 Å². The number of carbonyl (C=O) groups is 1. The molecule has 0 spiro atoms. The third-order valence-electron chi connectivity index (χ3n) is 4.59. The van der Waals surface area contributed by atoms with Gasteiger partial charge >= 0.3 is 0 Å². The number of aryl methyl sites for hydroxylation is 2. The second-order valence-corrected chi connectivity index (χ2v) is 8.73. The van der Waals surface area contributed by atoms with Crippen molar-refractivity contribution in [1.29, 1.82) is 0 Å². The Kier molecular flexibility index (Phi) is 6.20. The fourth-order valence-corrected chi connectivity index (χ4v) is 3.98. The topological polar surface area (TPSA) is 79.6 Å². The number of rotatable bonds is 7. The molecule has 1 N–H and O–H groups in total. The van der Waals surface area contributed by atoms with Gasteiger partial charge in [0, 0.05) is 19.2 Å². The van der Waals surface area contributed by atoms with E-state index in [0.717, 1.165) is 11.3 Å². The van der Waals surface area contributed by atoms with Crippen LogP contribution >= 0.6 is 0 Å². The van der Waals surface area contributed by atoms with E-state index in [-0.39, 0.29) is 17.3 Å². The van der Waals surface area contributed by atoms with Crippen LogP contribution in [0.3, 0.4) is 0 Å². The number of hydrogen-bond donors (Lipinski definition) is 1. The first-order valence-electron chi connectivity index (χ1n) is 9.21. The van der Waals surface area contributed by atoms with Crippen molar-refractivity contribution < 1.29 is 17.6 Å². The molecule has 3 aromatic rings. The first-order valence-corrected chi connectivity index (χ1v) is 10.7. The van der Waals surface area contributed by atoms with Crippen molar-refractivity contribution in [3.8, 4) is 0 Å². The maximum atomic E-state index is 12.9. The van der Waals surface area contributed by atoms with Gasteiger partial charge in [0.05, 0.1) is 11.4 Å². The molecule has 1 heterocycles. The summed E-state index contributed by atoms with van der Waals surface area (Å²) in [7, 11) is -2.09. The van der Waals surface area contributed by atoms with Gasteiger partial charge in [-0.25, -0.2) is 13.1 Å². The van der Waals surface area contributed by atoms with Gasteiger partial charge in [-0.3, -0.25) is 4.79 Å². The summed E-state index contributed by atoms with van der Waals surface area (Å²) in [6.45, 7) is 4.10. The highest BCUT2D eigenvalue weighted by Crippen LogP contribution is 2.19. The van der Waals surface area contributed by atoms with Gasteiger partial charge in [0.25, 0.3) is 5.91 Å². The van der Waals surface area contributed by atoms with E-state index in [0.29, 0.717) is 23.4 Å². The normalized spacial score (nSPS) is 11.4. The van der Waals surface area contributed by atoms with Crippen LogP contribution in [0.4, 0.5) is 0 Å². The van der Waals surface area contributed by atoms with E-state index in [2.05, 4.69) is 4.72 Å². The Hall–Kier alpha value is -2.90. The van der Waals surface area contributed by atoms with Gasteiger partial charge in [-0.05, 0) is 49.2 Å². The van der Waals surface area contributed by atoms with Crippen molar-refractivity contribution in [2.24, 2.45) is 0 Å². The lowest BCUT2D eigenvalue weighted by Gasteiger charge is -2.18. The third-order valence-corrected chi connectivity index (χ3v) is 5.99. The molecule has 3 rings (SSSR count). The Morgan fingerprint density at radius 3 is 2.41 bits per heavy atom.